The molecule has 0 unspecified atom stereocenters. The van der Waals surface area contributed by atoms with Crippen LogP contribution in [0.4, 0.5) is 24.5 Å². The Morgan fingerprint density at radius 2 is 1.87 bits per heavy atom. The number of nitrogens with zero attached hydrogens (tertiary/aromatic N) is 2. The third-order valence-electron chi connectivity index (χ3n) is 5.30. The summed E-state index contributed by atoms with van der Waals surface area (Å²) in [6.07, 6.45) is 0. The zero-order chi connectivity index (χ0) is 22.4. The van der Waals surface area contributed by atoms with Crippen molar-refractivity contribution >= 4 is 39.9 Å². The van der Waals surface area contributed by atoms with Gasteiger partial charge in [-0.15, -0.1) is 0 Å². The molecule has 0 radical (unpaired) electrons. The van der Waals surface area contributed by atoms with Crippen LogP contribution >= 0.6 is 22.6 Å². The third kappa shape index (κ3) is 3.71. The number of β-amino-alcohol motifs (C(OH)–C–C–N with tert-alkyl or cyclic N) is 1. The molecular formula is C19H17F3IN3O4. The molecule has 30 heavy (non-hydrogen) atoms. The first-order valence-corrected chi connectivity index (χ1v) is 9.81. The molecule has 0 bridgehead atoms. The van der Waals surface area contributed by atoms with Crippen molar-refractivity contribution in [3.63, 3.8) is 0 Å². The number of hydrogen-bond donors (Lipinski definition) is 2. The summed E-state index contributed by atoms with van der Waals surface area (Å²) in [4.78, 5) is 24.5. The fourth-order valence-electron chi connectivity index (χ4n) is 3.03. The Hall–Kier alpha value is -2.41. The number of halogens is 4. The summed E-state index contributed by atoms with van der Waals surface area (Å²) in [6.45, 7) is 1.74. The standard InChI is InChI=1S/C19H17F3IN3O4/c1-18(2,26(29)30)19(28)8-25(9-19)17(27)11-4-5-12(20)15(22)16(11)24-14-6-3-10(23)7-13(14)21/h3-7,24,28H,8-9H2,1-2H3. The maximum Gasteiger partial charge on any atom is 0.256 e. The molecule has 0 atom stereocenters. The van der Waals surface area contributed by atoms with Gasteiger partial charge in [0.1, 0.15) is 5.82 Å². The molecule has 1 aliphatic rings. The lowest BCUT2D eigenvalue weighted by atomic mass is 9.76. The van der Waals surface area contributed by atoms with E-state index < -0.39 is 45.1 Å². The van der Waals surface area contributed by atoms with Gasteiger partial charge in [0.25, 0.3) is 5.91 Å². The van der Waals surface area contributed by atoms with Crippen LogP contribution in [-0.4, -0.2) is 45.1 Å². The Morgan fingerprint density at radius 1 is 1.23 bits per heavy atom. The fraction of sp³-hybridized carbons (Fsp3) is 0.316. The van der Waals surface area contributed by atoms with Crippen LogP contribution in [0, 0.1) is 31.1 Å². The Morgan fingerprint density at radius 3 is 2.43 bits per heavy atom. The lowest BCUT2D eigenvalue weighted by Gasteiger charge is -2.49. The van der Waals surface area contributed by atoms with Crippen LogP contribution in [0.3, 0.4) is 0 Å². The number of likely N-dealkylation sites (tertiary alicyclic amines) is 1. The quantitative estimate of drug-likeness (QED) is 0.346. The molecule has 1 heterocycles. The number of nitro groups is 1. The fourth-order valence-corrected chi connectivity index (χ4v) is 3.49. The average molecular weight is 535 g/mol. The Bertz CT molecular complexity index is 1040. The van der Waals surface area contributed by atoms with Gasteiger partial charge in [0.05, 0.1) is 30.0 Å². The van der Waals surface area contributed by atoms with Gasteiger partial charge >= 0.3 is 0 Å². The van der Waals surface area contributed by atoms with E-state index >= 15 is 0 Å². The van der Waals surface area contributed by atoms with Crippen molar-refractivity contribution in [2.45, 2.75) is 25.0 Å². The van der Waals surface area contributed by atoms with E-state index in [1.807, 2.05) is 22.6 Å². The smallest absolute Gasteiger partial charge is 0.256 e. The topological polar surface area (TPSA) is 95.7 Å². The average Bonchev–Trinajstić information content (AvgIpc) is 2.64. The number of aliphatic hydroxyl groups is 1. The van der Waals surface area contributed by atoms with E-state index in [-0.39, 0.29) is 24.3 Å². The van der Waals surface area contributed by atoms with E-state index in [0.29, 0.717) is 3.57 Å². The SMILES string of the molecule is CC(C)([N+](=O)[O-])C1(O)CN(C(=O)c2ccc(F)c(F)c2Nc2ccc(I)cc2F)C1. The first-order valence-electron chi connectivity index (χ1n) is 8.73. The van der Waals surface area contributed by atoms with E-state index in [4.69, 9.17) is 0 Å². The molecule has 1 amide bonds. The minimum Gasteiger partial charge on any atom is -0.379 e. The zero-order valence-electron chi connectivity index (χ0n) is 15.9. The predicted molar refractivity (Wildman–Crippen MR) is 111 cm³/mol. The first-order chi connectivity index (χ1) is 13.9. The second-order valence-corrected chi connectivity index (χ2v) is 8.79. The third-order valence-corrected chi connectivity index (χ3v) is 5.97. The summed E-state index contributed by atoms with van der Waals surface area (Å²) >= 11 is 1.88. The highest BCUT2D eigenvalue weighted by molar-refractivity contribution is 14.1. The summed E-state index contributed by atoms with van der Waals surface area (Å²) in [5.74, 6) is -4.13. The van der Waals surface area contributed by atoms with Gasteiger partial charge in [0.15, 0.2) is 17.2 Å². The van der Waals surface area contributed by atoms with Crippen molar-refractivity contribution in [2.75, 3.05) is 18.4 Å². The van der Waals surface area contributed by atoms with Crippen LogP contribution in [0.2, 0.25) is 0 Å². The molecule has 2 aromatic rings. The van der Waals surface area contributed by atoms with Crippen molar-refractivity contribution in [1.29, 1.82) is 0 Å². The van der Waals surface area contributed by atoms with Crippen LogP contribution < -0.4 is 5.32 Å². The van der Waals surface area contributed by atoms with E-state index in [1.165, 1.54) is 26.0 Å². The number of rotatable bonds is 5. The van der Waals surface area contributed by atoms with Gasteiger partial charge < -0.3 is 15.3 Å². The van der Waals surface area contributed by atoms with Crippen LogP contribution in [0.15, 0.2) is 30.3 Å². The Labute approximate surface area is 183 Å². The number of nitrogens with one attached hydrogen (secondary N) is 1. The minimum absolute atomic E-state index is 0.163. The monoisotopic (exact) mass is 535 g/mol. The number of carbonyl (C=O) groups is 1. The van der Waals surface area contributed by atoms with Crippen LogP contribution in [0.25, 0.3) is 0 Å². The molecule has 0 saturated carbocycles. The normalized spacial score (nSPS) is 15.5. The number of hydrogen-bond acceptors (Lipinski definition) is 5. The lowest BCUT2D eigenvalue weighted by molar-refractivity contribution is -0.590. The van der Waals surface area contributed by atoms with E-state index in [0.717, 1.165) is 17.0 Å². The molecule has 1 saturated heterocycles. The molecule has 2 N–H and O–H groups in total. The van der Waals surface area contributed by atoms with Gasteiger partial charge in [-0.25, -0.2) is 13.2 Å². The molecule has 7 nitrogen and oxygen atoms in total. The molecular weight excluding hydrogens is 518 g/mol. The van der Waals surface area contributed by atoms with Gasteiger partial charge in [-0.2, -0.15) is 0 Å². The maximum atomic E-state index is 14.5. The van der Waals surface area contributed by atoms with Gasteiger partial charge in [0, 0.05) is 22.3 Å². The van der Waals surface area contributed by atoms with Crippen molar-refractivity contribution in [3.05, 3.63) is 67.0 Å². The highest BCUT2D eigenvalue weighted by Crippen LogP contribution is 2.37. The predicted octanol–water partition coefficient (Wildman–Crippen LogP) is 3.69. The van der Waals surface area contributed by atoms with Gasteiger partial charge in [-0.05, 0) is 52.9 Å². The van der Waals surface area contributed by atoms with E-state index in [2.05, 4.69) is 5.32 Å². The summed E-state index contributed by atoms with van der Waals surface area (Å²) < 4.78 is 43.0. The molecule has 160 valence electrons. The number of benzene rings is 2. The molecule has 3 rings (SSSR count). The number of anilines is 2. The van der Waals surface area contributed by atoms with Crippen LogP contribution in [0.1, 0.15) is 24.2 Å². The number of amides is 1. The van der Waals surface area contributed by atoms with Gasteiger partial charge in [-0.1, -0.05) is 0 Å². The van der Waals surface area contributed by atoms with E-state index in [9.17, 15) is 33.2 Å². The number of carbonyl (C=O) groups excluding carboxylic acids is 1. The molecule has 2 aromatic carbocycles. The zero-order valence-corrected chi connectivity index (χ0v) is 18.0. The van der Waals surface area contributed by atoms with Crippen LogP contribution in [-0.2, 0) is 0 Å². The highest BCUT2D eigenvalue weighted by atomic mass is 127. The van der Waals surface area contributed by atoms with E-state index in [1.54, 1.807) is 6.07 Å². The summed E-state index contributed by atoms with van der Waals surface area (Å²) in [5, 5.41) is 24.1. The van der Waals surface area contributed by atoms with Gasteiger partial charge in [-0.3, -0.25) is 14.9 Å². The first kappa shape index (κ1) is 22.3. The molecule has 1 aliphatic heterocycles. The van der Waals surface area contributed by atoms with Crippen LogP contribution in [0.5, 0.6) is 0 Å². The minimum atomic E-state index is -1.78. The second kappa shape index (κ2) is 7.69. The van der Waals surface area contributed by atoms with Crippen molar-refractivity contribution in [2.24, 2.45) is 0 Å². The maximum absolute atomic E-state index is 14.5. The van der Waals surface area contributed by atoms with Crippen molar-refractivity contribution in [3.8, 4) is 0 Å². The summed E-state index contributed by atoms with van der Waals surface area (Å²) in [6, 6.07) is 5.82. The Kier molecular flexibility index (Phi) is 5.71. The molecule has 0 aromatic heterocycles. The summed E-state index contributed by atoms with van der Waals surface area (Å²) in [5.41, 5.74) is -4.52. The largest absolute Gasteiger partial charge is 0.379 e. The highest BCUT2D eigenvalue weighted by Gasteiger charge is 2.61. The molecule has 1 fully saturated rings. The lowest BCUT2D eigenvalue weighted by Crippen LogP contribution is -2.74. The summed E-state index contributed by atoms with van der Waals surface area (Å²) in [7, 11) is 0. The van der Waals surface area contributed by atoms with Crippen molar-refractivity contribution < 1.29 is 28.0 Å². The van der Waals surface area contributed by atoms with Gasteiger partial charge in [0.2, 0.25) is 5.54 Å². The molecule has 0 aliphatic carbocycles. The van der Waals surface area contributed by atoms with Crippen molar-refractivity contribution in [1.82, 2.24) is 4.90 Å². The Balaban J connectivity index is 1.91. The molecule has 11 heteroatoms. The molecule has 0 spiro atoms. The second-order valence-electron chi connectivity index (χ2n) is 7.54.